The lowest BCUT2D eigenvalue weighted by Gasteiger charge is -2.08. The standard InChI is InChI=1S/C18H20N6O2S2/c1-11-6-4-5-7-13(11)20-15(25)8-14-22-23-18(24(14)3)28-10-16(26)21-17-19-12(2)9-27-17/h4-7,9H,8,10H2,1-3H3,(H,20,25)(H,19,21,26). The molecule has 0 saturated heterocycles. The van der Waals surface area contributed by atoms with Crippen molar-refractivity contribution >= 4 is 45.7 Å². The average molecular weight is 417 g/mol. The Morgan fingerprint density at radius 3 is 2.64 bits per heavy atom. The number of amides is 2. The Bertz CT molecular complexity index is 998. The second-order valence-electron chi connectivity index (χ2n) is 6.13. The van der Waals surface area contributed by atoms with Crippen molar-refractivity contribution in [2.24, 2.45) is 7.05 Å². The van der Waals surface area contributed by atoms with Crippen LogP contribution in [0.25, 0.3) is 0 Å². The molecule has 0 aliphatic rings. The van der Waals surface area contributed by atoms with Crippen molar-refractivity contribution in [2.75, 3.05) is 16.4 Å². The number of carbonyl (C=O) groups is 2. The molecular formula is C18H20N6O2S2. The lowest BCUT2D eigenvalue weighted by Crippen LogP contribution is -2.17. The number of nitrogens with one attached hydrogen (secondary N) is 2. The fourth-order valence-electron chi connectivity index (χ4n) is 2.37. The summed E-state index contributed by atoms with van der Waals surface area (Å²) in [5, 5.41) is 16.8. The molecule has 1 aromatic carbocycles. The lowest BCUT2D eigenvalue weighted by atomic mass is 10.2. The maximum Gasteiger partial charge on any atom is 0.236 e. The highest BCUT2D eigenvalue weighted by Crippen LogP contribution is 2.19. The van der Waals surface area contributed by atoms with Crippen LogP contribution in [0.4, 0.5) is 10.8 Å². The fourth-order valence-corrected chi connectivity index (χ4v) is 3.81. The van der Waals surface area contributed by atoms with Gasteiger partial charge in [0.1, 0.15) is 5.82 Å². The molecule has 146 valence electrons. The zero-order valence-corrected chi connectivity index (χ0v) is 17.4. The Morgan fingerprint density at radius 2 is 1.93 bits per heavy atom. The van der Waals surface area contributed by atoms with E-state index in [1.807, 2.05) is 43.5 Å². The molecule has 2 amide bonds. The molecule has 0 saturated carbocycles. The zero-order chi connectivity index (χ0) is 20.1. The third-order valence-electron chi connectivity index (χ3n) is 3.86. The highest BCUT2D eigenvalue weighted by Gasteiger charge is 2.15. The summed E-state index contributed by atoms with van der Waals surface area (Å²) in [7, 11) is 1.78. The molecule has 3 rings (SSSR count). The summed E-state index contributed by atoms with van der Waals surface area (Å²) in [6.07, 6.45) is 0.100. The number of benzene rings is 1. The molecule has 0 aliphatic carbocycles. The maximum absolute atomic E-state index is 12.3. The first kappa shape index (κ1) is 20.0. The number of carbonyl (C=O) groups excluding carboxylic acids is 2. The number of thiazole rings is 1. The van der Waals surface area contributed by atoms with Crippen molar-refractivity contribution in [1.82, 2.24) is 19.7 Å². The van der Waals surface area contributed by atoms with Crippen molar-refractivity contribution in [3.8, 4) is 0 Å². The molecular weight excluding hydrogens is 396 g/mol. The van der Waals surface area contributed by atoms with Crippen molar-refractivity contribution in [3.05, 3.63) is 46.7 Å². The molecule has 2 N–H and O–H groups in total. The number of hydrogen-bond acceptors (Lipinski definition) is 7. The van der Waals surface area contributed by atoms with Crippen LogP contribution < -0.4 is 10.6 Å². The molecule has 3 aromatic rings. The van der Waals surface area contributed by atoms with Gasteiger partial charge in [0.2, 0.25) is 11.8 Å². The van der Waals surface area contributed by atoms with Gasteiger partial charge in [0.25, 0.3) is 0 Å². The van der Waals surface area contributed by atoms with Gasteiger partial charge in [-0.15, -0.1) is 21.5 Å². The molecule has 0 aliphatic heterocycles. The van der Waals surface area contributed by atoms with E-state index in [0.717, 1.165) is 16.9 Å². The van der Waals surface area contributed by atoms with E-state index in [1.165, 1.54) is 23.1 Å². The van der Waals surface area contributed by atoms with Gasteiger partial charge < -0.3 is 15.2 Å². The van der Waals surface area contributed by atoms with E-state index in [-0.39, 0.29) is 24.0 Å². The van der Waals surface area contributed by atoms with Crippen LogP contribution in [0.5, 0.6) is 0 Å². The second kappa shape index (κ2) is 8.98. The normalized spacial score (nSPS) is 10.7. The average Bonchev–Trinajstić information content (AvgIpc) is 3.21. The van der Waals surface area contributed by atoms with Crippen LogP contribution >= 0.6 is 23.1 Å². The van der Waals surface area contributed by atoms with Gasteiger partial charge in [-0.25, -0.2) is 4.98 Å². The topological polar surface area (TPSA) is 102 Å². The van der Waals surface area contributed by atoms with Gasteiger partial charge in [0, 0.05) is 18.1 Å². The summed E-state index contributed by atoms with van der Waals surface area (Å²) in [6.45, 7) is 3.81. The number of nitrogens with zero attached hydrogens (tertiary/aromatic N) is 4. The second-order valence-corrected chi connectivity index (χ2v) is 7.93. The van der Waals surface area contributed by atoms with Gasteiger partial charge >= 0.3 is 0 Å². The van der Waals surface area contributed by atoms with Crippen molar-refractivity contribution in [2.45, 2.75) is 25.4 Å². The third kappa shape index (κ3) is 5.17. The number of aromatic nitrogens is 4. The van der Waals surface area contributed by atoms with E-state index >= 15 is 0 Å². The lowest BCUT2D eigenvalue weighted by molar-refractivity contribution is -0.116. The van der Waals surface area contributed by atoms with Crippen LogP contribution in [-0.4, -0.2) is 37.3 Å². The van der Waals surface area contributed by atoms with E-state index in [0.29, 0.717) is 16.1 Å². The number of rotatable bonds is 7. The Balaban J connectivity index is 1.53. The number of anilines is 2. The summed E-state index contributed by atoms with van der Waals surface area (Å²) in [6, 6.07) is 7.58. The Kier molecular flexibility index (Phi) is 6.42. The van der Waals surface area contributed by atoms with Gasteiger partial charge in [-0.2, -0.15) is 0 Å². The molecule has 0 bridgehead atoms. The first-order valence-electron chi connectivity index (χ1n) is 8.51. The van der Waals surface area contributed by atoms with Crippen LogP contribution in [-0.2, 0) is 23.1 Å². The van der Waals surface area contributed by atoms with Gasteiger partial charge in [-0.05, 0) is 25.5 Å². The summed E-state index contributed by atoms with van der Waals surface area (Å²) >= 11 is 2.64. The molecule has 10 heteroatoms. The first-order chi connectivity index (χ1) is 13.4. The maximum atomic E-state index is 12.3. The van der Waals surface area contributed by atoms with Crippen LogP contribution in [0, 0.1) is 13.8 Å². The summed E-state index contributed by atoms with van der Waals surface area (Å²) in [5.74, 6) is 0.379. The predicted molar refractivity (Wildman–Crippen MR) is 111 cm³/mol. The van der Waals surface area contributed by atoms with Gasteiger partial charge in [-0.3, -0.25) is 9.59 Å². The molecule has 28 heavy (non-hydrogen) atoms. The highest BCUT2D eigenvalue weighted by atomic mass is 32.2. The monoisotopic (exact) mass is 416 g/mol. The first-order valence-corrected chi connectivity index (χ1v) is 10.4. The molecule has 2 aromatic heterocycles. The zero-order valence-electron chi connectivity index (χ0n) is 15.7. The van der Waals surface area contributed by atoms with E-state index < -0.39 is 0 Å². The van der Waals surface area contributed by atoms with Crippen LogP contribution in [0.1, 0.15) is 17.1 Å². The molecule has 0 atom stereocenters. The van der Waals surface area contributed by atoms with Crippen molar-refractivity contribution in [1.29, 1.82) is 0 Å². The van der Waals surface area contributed by atoms with Crippen LogP contribution in [0.3, 0.4) is 0 Å². The molecule has 0 unspecified atom stereocenters. The van der Waals surface area contributed by atoms with E-state index in [9.17, 15) is 9.59 Å². The Morgan fingerprint density at radius 1 is 1.14 bits per heavy atom. The SMILES string of the molecule is Cc1csc(NC(=O)CSc2nnc(CC(=O)Nc3ccccc3C)n2C)n1. The van der Waals surface area contributed by atoms with E-state index in [2.05, 4.69) is 25.8 Å². The minimum absolute atomic E-state index is 0.100. The smallest absolute Gasteiger partial charge is 0.236 e. The Labute approximate surface area is 170 Å². The van der Waals surface area contributed by atoms with Gasteiger partial charge in [0.15, 0.2) is 10.3 Å². The fraction of sp³-hybridized carbons (Fsp3) is 0.278. The van der Waals surface area contributed by atoms with Crippen molar-refractivity contribution in [3.63, 3.8) is 0 Å². The number of hydrogen-bond donors (Lipinski definition) is 2. The number of para-hydroxylation sites is 1. The summed E-state index contributed by atoms with van der Waals surface area (Å²) in [5.41, 5.74) is 2.64. The highest BCUT2D eigenvalue weighted by molar-refractivity contribution is 7.99. The molecule has 0 spiro atoms. The minimum Gasteiger partial charge on any atom is -0.325 e. The number of thioether (sulfide) groups is 1. The third-order valence-corrected chi connectivity index (χ3v) is 5.76. The largest absolute Gasteiger partial charge is 0.325 e. The molecule has 2 heterocycles. The van der Waals surface area contributed by atoms with Crippen LogP contribution in [0.2, 0.25) is 0 Å². The summed E-state index contributed by atoms with van der Waals surface area (Å²) in [4.78, 5) is 28.5. The number of aryl methyl sites for hydroxylation is 2. The molecule has 0 radical (unpaired) electrons. The van der Waals surface area contributed by atoms with Gasteiger partial charge in [0.05, 0.1) is 17.9 Å². The van der Waals surface area contributed by atoms with Gasteiger partial charge in [-0.1, -0.05) is 30.0 Å². The summed E-state index contributed by atoms with van der Waals surface area (Å²) < 4.78 is 1.73. The predicted octanol–water partition coefficient (Wildman–Crippen LogP) is 2.80. The quantitative estimate of drug-likeness (QED) is 0.574. The molecule has 8 nitrogen and oxygen atoms in total. The van der Waals surface area contributed by atoms with E-state index in [1.54, 1.807) is 11.6 Å². The van der Waals surface area contributed by atoms with Crippen LogP contribution in [0.15, 0.2) is 34.8 Å². The Hall–Kier alpha value is -2.72. The molecule has 0 fully saturated rings. The minimum atomic E-state index is -0.168. The van der Waals surface area contributed by atoms with Crippen molar-refractivity contribution < 1.29 is 9.59 Å². The van der Waals surface area contributed by atoms with E-state index in [4.69, 9.17) is 0 Å².